The van der Waals surface area contributed by atoms with Crippen LogP contribution in [0.1, 0.15) is 16.7 Å². The number of anilines is 1. The molecule has 0 aliphatic rings. The van der Waals surface area contributed by atoms with E-state index in [0.717, 1.165) is 28.5 Å². The first-order valence-electron chi connectivity index (χ1n) is 10.4. The van der Waals surface area contributed by atoms with Gasteiger partial charge in [-0.1, -0.05) is 36.0 Å². The van der Waals surface area contributed by atoms with Crippen LogP contribution in [0.2, 0.25) is 0 Å². The molecule has 2 aromatic carbocycles. The van der Waals surface area contributed by atoms with Crippen LogP contribution in [0.15, 0.2) is 51.7 Å². The number of nitro benzene ring substituents is 1. The molecule has 4 aromatic rings. The van der Waals surface area contributed by atoms with E-state index < -0.39 is 4.92 Å². The second-order valence-electron chi connectivity index (χ2n) is 7.98. The molecule has 8 nitrogen and oxygen atoms in total. The van der Waals surface area contributed by atoms with Gasteiger partial charge in [0.2, 0.25) is 5.91 Å². The number of thiophene rings is 1. The van der Waals surface area contributed by atoms with E-state index in [0.29, 0.717) is 26.6 Å². The maximum atomic E-state index is 13.2. The van der Waals surface area contributed by atoms with Gasteiger partial charge in [-0.25, -0.2) is 4.98 Å². The van der Waals surface area contributed by atoms with Gasteiger partial charge in [-0.3, -0.25) is 24.3 Å². The molecular weight excluding hydrogens is 472 g/mol. The number of aryl methyl sites for hydroxylation is 3. The highest BCUT2D eigenvalue weighted by Crippen LogP contribution is 2.33. The molecule has 0 aliphatic carbocycles. The van der Waals surface area contributed by atoms with E-state index >= 15 is 0 Å². The van der Waals surface area contributed by atoms with Crippen LogP contribution in [0.5, 0.6) is 0 Å². The number of thioether (sulfide) groups is 1. The third-order valence-electron chi connectivity index (χ3n) is 5.63. The van der Waals surface area contributed by atoms with E-state index in [1.54, 1.807) is 20.0 Å². The highest BCUT2D eigenvalue weighted by Gasteiger charge is 2.17. The largest absolute Gasteiger partial charge is 0.325 e. The van der Waals surface area contributed by atoms with E-state index in [1.165, 1.54) is 33.6 Å². The fraction of sp³-hybridized carbons (Fsp3) is 0.208. The Morgan fingerprint density at radius 1 is 1.15 bits per heavy atom. The number of carbonyl (C=O) groups is 1. The van der Waals surface area contributed by atoms with Crippen LogP contribution in [0, 0.1) is 30.9 Å². The fourth-order valence-corrected chi connectivity index (χ4v) is 5.24. The summed E-state index contributed by atoms with van der Waals surface area (Å²) in [5.74, 6) is -0.339. The normalized spacial score (nSPS) is 11.1. The Morgan fingerprint density at radius 2 is 1.88 bits per heavy atom. The number of fused-ring (bicyclic) bond motifs is 1. The number of amides is 1. The van der Waals surface area contributed by atoms with E-state index in [9.17, 15) is 19.7 Å². The van der Waals surface area contributed by atoms with Crippen molar-refractivity contribution in [2.75, 3.05) is 11.1 Å². The molecule has 174 valence electrons. The third-order valence-corrected chi connectivity index (χ3v) is 7.53. The van der Waals surface area contributed by atoms with Crippen LogP contribution in [-0.2, 0) is 11.8 Å². The smallest absolute Gasteiger partial charge is 0.271 e. The molecule has 34 heavy (non-hydrogen) atoms. The Morgan fingerprint density at radius 3 is 2.59 bits per heavy atom. The van der Waals surface area contributed by atoms with Crippen molar-refractivity contribution >= 4 is 50.6 Å². The van der Waals surface area contributed by atoms with Crippen molar-refractivity contribution in [2.45, 2.75) is 25.9 Å². The number of nitrogens with one attached hydrogen (secondary N) is 1. The monoisotopic (exact) mass is 494 g/mol. The highest BCUT2D eigenvalue weighted by atomic mass is 32.2. The van der Waals surface area contributed by atoms with Crippen molar-refractivity contribution in [1.82, 2.24) is 9.55 Å². The molecule has 2 aromatic heterocycles. The summed E-state index contributed by atoms with van der Waals surface area (Å²) in [6, 6.07) is 10.4. The Balaban J connectivity index is 1.57. The number of rotatable bonds is 6. The number of nitrogens with zero attached hydrogens (tertiary/aromatic N) is 3. The predicted octanol–water partition coefficient (Wildman–Crippen LogP) is 5.23. The van der Waals surface area contributed by atoms with Gasteiger partial charge in [-0.2, -0.15) is 0 Å². The molecule has 1 amide bonds. The second-order valence-corrected chi connectivity index (χ2v) is 9.78. The molecule has 0 unspecified atom stereocenters. The van der Waals surface area contributed by atoms with Gasteiger partial charge in [0.1, 0.15) is 4.83 Å². The van der Waals surface area contributed by atoms with Gasteiger partial charge in [0.05, 0.1) is 21.7 Å². The number of benzene rings is 2. The Labute approximate surface area is 203 Å². The van der Waals surface area contributed by atoms with Crippen LogP contribution in [0.4, 0.5) is 11.4 Å². The minimum absolute atomic E-state index is 0.00328. The lowest BCUT2D eigenvalue weighted by atomic mass is 10.0. The summed E-state index contributed by atoms with van der Waals surface area (Å²) >= 11 is 2.54. The van der Waals surface area contributed by atoms with Crippen molar-refractivity contribution in [3.63, 3.8) is 0 Å². The number of nitro groups is 1. The lowest BCUT2D eigenvalue weighted by Crippen LogP contribution is -2.21. The lowest BCUT2D eigenvalue weighted by Gasteiger charge is -2.10. The number of carbonyl (C=O) groups excluding carboxylic acids is 1. The number of hydrogen-bond acceptors (Lipinski definition) is 7. The van der Waals surface area contributed by atoms with Crippen LogP contribution in [-0.4, -0.2) is 26.1 Å². The highest BCUT2D eigenvalue weighted by molar-refractivity contribution is 7.99. The first-order valence-corrected chi connectivity index (χ1v) is 12.3. The molecule has 0 bridgehead atoms. The topological polar surface area (TPSA) is 107 Å². The molecule has 10 heteroatoms. The summed E-state index contributed by atoms with van der Waals surface area (Å²) in [6.07, 6.45) is 0. The third kappa shape index (κ3) is 4.59. The number of non-ortho nitro benzene ring substituents is 1. The van der Waals surface area contributed by atoms with E-state index in [-0.39, 0.29) is 22.9 Å². The molecule has 0 saturated heterocycles. The first kappa shape index (κ1) is 23.7. The van der Waals surface area contributed by atoms with Crippen molar-refractivity contribution < 1.29 is 9.72 Å². The summed E-state index contributed by atoms with van der Waals surface area (Å²) in [5, 5.41) is 16.6. The van der Waals surface area contributed by atoms with Gasteiger partial charge in [0.15, 0.2) is 5.16 Å². The summed E-state index contributed by atoms with van der Waals surface area (Å²) in [7, 11) is 1.64. The summed E-state index contributed by atoms with van der Waals surface area (Å²) in [5.41, 5.74) is 5.00. The molecule has 0 saturated carbocycles. The SMILES string of the molecule is Cc1ccc(-c2csc3nc(SCC(=O)Nc4cc([N+](=O)[O-])ccc4C)n(C)c(=O)c23)cc1C. The maximum Gasteiger partial charge on any atom is 0.271 e. The van der Waals surface area contributed by atoms with Crippen molar-refractivity contribution in [2.24, 2.45) is 7.05 Å². The second kappa shape index (κ2) is 9.40. The Hall–Kier alpha value is -3.50. The summed E-state index contributed by atoms with van der Waals surface area (Å²) in [4.78, 5) is 41.5. The molecule has 2 heterocycles. The molecule has 0 atom stereocenters. The van der Waals surface area contributed by atoms with Gasteiger partial charge in [0, 0.05) is 30.1 Å². The van der Waals surface area contributed by atoms with Gasteiger partial charge in [-0.05, 0) is 43.0 Å². The molecular formula is C24H22N4O4S2. The average Bonchev–Trinajstić information content (AvgIpc) is 3.22. The van der Waals surface area contributed by atoms with Crippen molar-refractivity contribution in [3.05, 3.63) is 78.9 Å². The van der Waals surface area contributed by atoms with Crippen LogP contribution in [0.25, 0.3) is 21.3 Å². The quantitative estimate of drug-likeness (QED) is 0.170. The van der Waals surface area contributed by atoms with Crippen LogP contribution >= 0.6 is 23.1 Å². The number of aromatic nitrogens is 2. The Kier molecular flexibility index (Phi) is 6.54. The van der Waals surface area contributed by atoms with Crippen molar-refractivity contribution in [3.8, 4) is 11.1 Å². The Bertz CT molecular complexity index is 1510. The number of hydrogen-bond donors (Lipinski definition) is 1. The van der Waals surface area contributed by atoms with E-state index in [4.69, 9.17) is 0 Å². The van der Waals surface area contributed by atoms with Crippen molar-refractivity contribution in [1.29, 1.82) is 0 Å². The molecule has 0 radical (unpaired) electrons. The summed E-state index contributed by atoms with van der Waals surface area (Å²) < 4.78 is 1.45. The minimum Gasteiger partial charge on any atom is -0.325 e. The van der Waals surface area contributed by atoms with Gasteiger partial charge < -0.3 is 5.32 Å². The maximum absolute atomic E-state index is 13.2. The molecule has 0 fully saturated rings. The molecule has 0 spiro atoms. The zero-order valence-corrected chi connectivity index (χ0v) is 20.7. The molecule has 4 rings (SSSR count). The van der Waals surface area contributed by atoms with E-state index in [1.807, 2.05) is 31.4 Å². The fourth-order valence-electron chi connectivity index (χ4n) is 3.48. The predicted molar refractivity (Wildman–Crippen MR) is 137 cm³/mol. The zero-order chi connectivity index (χ0) is 24.6. The standard InChI is InChI=1S/C24H22N4O4S2/c1-13-5-7-16(9-15(13)3)18-11-33-22-21(18)23(30)27(4)24(26-22)34-12-20(29)25-19-10-17(28(31)32)8-6-14(19)2/h5-11H,12H2,1-4H3,(H,25,29). The lowest BCUT2D eigenvalue weighted by molar-refractivity contribution is -0.384. The average molecular weight is 495 g/mol. The molecule has 0 aliphatic heterocycles. The zero-order valence-electron chi connectivity index (χ0n) is 19.0. The van der Waals surface area contributed by atoms with Gasteiger partial charge >= 0.3 is 0 Å². The van der Waals surface area contributed by atoms with Gasteiger partial charge in [0.25, 0.3) is 11.2 Å². The molecule has 1 N–H and O–H groups in total. The van der Waals surface area contributed by atoms with Crippen LogP contribution < -0.4 is 10.9 Å². The minimum atomic E-state index is -0.508. The van der Waals surface area contributed by atoms with Gasteiger partial charge in [-0.15, -0.1) is 11.3 Å². The summed E-state index contributed by atoms with van der Waals surface area (Å²) in [6.45, 7) is 5.85. The first-order chi connectivity index (χ1) is 16.2. The van der Waals surface area contributed by atoms with E-state index in [2.05, 4.69) is 16.4 Å². The van der Waals surface area contributed by atoms with Crippen LogP contribution in [0.3, 0.4) is 0 Å².